The Kier molecular flexibility index (Phi) is 4.31. The van der Waals surface area contributed by atoms with Crippen molar-refractivity contribution in [1.82, 2.24) is 4.90 Å². The molecule has 2 fully saturated rings. The number of hydrogen-bond donors (Lipinski definition) is 0. The molecule has 2 saturated heterocycles. The van der Waals surface area contributed by atoms with E-state index in [-0.39, 0.29) is 5.92 Å². The molecule has 0 saturated carbocycles. The Hall–Kier alpha value is -1.33. The highest BCUT2D eigenvalue weighted by atomic mass is 15.2. The zero-order chi connectivity index (χ0) is 14.8. The summed E-state index contributed by atoms with van der Waals surface area (Å²) < 4.78 is 0. The normalized spacial score (nSPS) is 35.6. The van der Waals surface area contributed by atoms with E-state index in [2.05, 4.69) is 55.3 Å². The van der Waals surface area contributed by atoms with Gasteiger partial charge in [-0.05, 0) is 43.7 Å². The fourth-order valence-electron chi connectivity index (χ4n) is 4.68. The second-order valence-electron chi connectivity index (χ2n) is 6.83. The fourth-order valence-corrected chi connectivity index (χ4v) is 4.68. The number of nitriles is 1. The SMILES string of the molecule is CCCC[C@H]1C(c2ccccc2)CC2C(C#N)CC1N2C. The number of piperidine rings is 1. The van der Waals surface area contributed by atoms with Crippen LogP contribution in [-0.4, -0.2) is 24.0 Å². The van der Waals surface area contributed by atoms with Gasteiger partial charge in [0.05, 0.1) is 12.0 Å². The molecule has 0 N–H and O–H groups in total. The number of rotatable bonds is 4. The number of fused-ring (bicyclic) bond motifs is 2. The average Bonchev–Trinajstić information content (AvgIpc) is 2.74. The summed E-state index contributed by atoms with van der Waals surface area (Å²) in [6.07, 6.45) is 6.11. The van der Waals surface area contributed by atoms with Crippen molar-refractivity contribution in [3.63, 3.8) is 0 Å². The summed E-state index contributed by atoms with van der Waals surface area (Å²) in [5.41, 5.74) is 1.49. The topological polar surface area (TPSA) is 27.0 Å². The molecule has 21 heavy (non-hydrogen) atoms. The molecule has 3 rings (SSSR count). The molecular formula is C19H26N2. The van der Waals surface area contributed by atoms with Crippen molar-refractivity contribution in [2.75, 3.05) is 7.05 Å². The molecule has 0 aliphatic carbocycles. The Morgan fingerprint density at radius 1 is 1.19 bits per heavy atom. The maximum atomic E-state index is 9.47. The van der Waals surface area contributed by atoms with Crippen molar-refractivity contribution in [3.05, 3.63) is 35.9 Å². The summed E-state index contributed by atoms with van der Waals surface area (Å²) in [7, 11) is 2.24. The van der Waals surface area contributed by atoms with Gasteiger partial charge in [-0.1, -0.05) is 50.1 Å². The van der Waals surface area contributed by atoms with E-state index in [1.807, 2.05) is 0 Å². The van der Waals surface area contributed by atoms with E-state index in [4.69, 9.17) is 0 Å². The lowest BCUT2D eigenvalue weighted by Gasteiger charge is -2.43. The highest BCUT2D eigenvalue weighted by molar-refractivity contribution is 5.24. The van der Waals surface area contributed by atoms with Crippen LogP contribution in [0.5, 0.6) is 0 Å². The molecule has 4 unspecified atom stereocenters. The first kappa shape index (κ1) is 14.6. The number of hydrogen-bond acceptors (Lipinski definition) is 2. The molecule has 1 aromatic rings. The van der Waals surface area contributed by atoms with Gasteiger partial charge < -0.3 is 0 Å². The van der Waals surface area contributed by atoms with E-state index >= 15 is 0 Å². The maximum absolute atomic E-state index is 9.47. The molecule has 2 heteroatoms. The van der Waals surface area contributed by atoms with Gasteiger partial charge in [-0.15, -0.1) is 0 Å². The first-order valence-electron chi connectivity index (χ1n) is 8.42. The van der Waals surface area contributed by atoms with Gasteiger partial charge in [0.1, 0.15) is 0 Å². The Morgan fingerprint density at radius 3 is 2.62 bits per heavy atom. The third-order valence-electron chi connectivity index (χ3n) is 5.80. The van der Waals surface area contributed by atoms with E-state index < -0.39 is 0 Å². The van der Waals surface area contributed by atoms with E-state index in [1.165, 1.54) is 24.8 Å². The smallest absolute Gasteiger partial charge is 0.0672 e. The Labute approximate surface area is 128 Å². The summed E-state index contributed by atoms with van der Waals surface area (Å²) >= 11 is 0. The van der Waals surface area contributed by atoms with Crippen LogP contribution < -0.4 is 0 Å². The molecule has 0 radical (unpaired) electrons. The van der Waals surface area contributed by atoms with Gasteiger partial charge in [0.25, 0.3) is 0 Å². The zero-order valence-electron chi connectivity index (χ0n) is 13.2. The van der Waals surface area contributed by atoms with Crippen LogP contribution in [0.2, 0.25) is 0 Å². The summed E-state index contributed by atoms with van der Waals surface area (Å²) in [6, 6.07) is 14.6. The van der Waals surface area contributed by atoms with Crippen LogP contribution in [0.25, 0.3) is 0 Å². The molecule has 2 aliphatic rings. The minimum atomic E-state index is 0.234. The molecule has 2 heterocycles. The van der Waals surface area contributed by atoms with Gasteiger partial charge in [-0.25, -0.2) is 0 Å². The number of unbranched alkanes of at least 4 members (excludes halogenated alkanes) is 1. The van der Waals surface area contributed by atoms with Gasteiger partial charge in [0.2, 0.25) is 0 Å². The lowest BCUT2D eigenvalue weighted by molar-refractivity contribution is 0.0898. The minimum absolute atomic E-state index is 0.234. The van der Waals surface area contributed by atoms with Crippen molar-refractivity contribution in [2.24, 2.45) is 11.8 Å². The van der Waals surface area contributed by atoms with Crippen molar-refractivity contribution >= 4 is 0 Å². The van der Waals surface area contributed by atoms with Gasteiger partial charge in [-0.2, -0.15) is 5.26 Å². The summed E-state index contributed by atoms with van der Waals surface area (Å²) in [5.74, 6) is 1.59. The van der Waals surface area contributed by atoms with Gasteiger partial charge in [-0.3, -0.25) is 4.90 Å². The average molecular weight is 282 g/mol. The lowest BCUT2D eigenvalue weighted by atomic mass is 9.74. The summed E-state index contributed by atoms with van der Waals surface area (Å²) in [5, 5.41) is 9.47. The van der Waals surface area contributed by atoms with E-state index in [1.54, 1.807) is 0 Å². The Balaban J connectivity index is 1.90. The van der Waals surface area contributed by atoms with Gasteiger partial charge in [0, 0.05) is 12.1 Å². The Morgan fingerprint density at radius 2 is 1.95 bits per heavy atom. The zero-order valence-corrected chi connectivity index (χ0v) is 13.2. The van der Waals surface area contributed by atoms with Crippen LogP contribution in [-0.2, 0) is 0 Å². The van der Waals surface area contributed by atoms with Gasteiger partial charge in [0.15, 0.2) is 0 Å². The quantitative estimate of drug-likeness (QED) is 0.828. The lowest BCUT2D eigenvalue weighted by Crippen LogP contribution is -2.46. The molecule has 0 aromatic heterocycles. The molecule has 2 aliphatic heterocycles. The standard InChI is InChI=1S/C19H26N2/c1-3-4-10-16-17(14-8-6-5-7-9-14)12-18-15(13-20)11-19(16)21(18)2/h5-9,15-19H,3-4,10-12H2,1-2H3/t15?,16-,17?,18?,19?/m0/s1. The highest BCUT2D eigenvalue weighted by Gasteiger charge is 2.50. The van der Waals surface area contributed by atoms with Crippen LogP contribution in [0.3, 0.4) is 0 Å². The van der Waals surface area contributed by atoms with E-state index in [9.17, 15) is 5.26 Å². The van der Waals surface area contributed by atoms with Crippen molar-refractivity contribution in [3.8, 4) is 6.07 Å². The van der Waals surface area contributed by atoms with Crippen molar-refractivity contribution < 1.29 is 0 Å². The van der Waals surface area contributed by atoms with Crippen molar-refractivity contribution in [2.45, 2.75) is 57.0 Å². The summed E-state index contributed by atoms with van der Waals surface area (Å²) in [6.45, 7) is 2.28. The molecule has 2 nitrogen and oxygen atoms in total. The predicted molar refractivity (Wildman–Crippen MR) is 85.9 cm³/mol. The first-order chi connectivity index (χ1) is 10.3. The van der Waals surface area contributed by atoms with Crippen LogP contribution in [0.15, 0.2) is 30.3 Å². The van der Waals surface area contributed by atoms with Crippen LogP contribution in [0.4, 0.5) is 0 Å². The Bertz CT molecular complexity index is 504. The van der Waals surface area contributed by atoms with Crippen LogP contribution in [0.1, 0.15) is 50.5 Å². The predicted octanol–water partition coefficient (Wildman–Crippen LogP) is 4.19. The minimum Gasteiger partial charge on any atom is -0.299 e. The van der Waals surface area contributed by atoms with Crippen LogP contribution in [0, 0.1) is 23.2 Å². The number of benzene rings is 1. The molecule has 5 atom stereocenters. The second-order valence-corrected chi connectivity index (χ2v) is 6.83. The molecule has 1 aromatic carbocycles. The fraction of sp³-hybridized carbons (Fsp3) is 0.632. The molecule has 112 valence electrons. The second kappa shape index (κ2) is 6.20. The highest BCUT2D eigenvalue weighted by Crippen LogP contribution is 2.49. The maximum Gasteiger partial charge on any atom is 0.0672 e. The largest absolute Gasteiger partial charge is 0.299 e. The van der Waals surface area contributed by atoms with Crippen LogP contribution >= 0.6 is 0 Å². The first-order valence-corrected chi connectivity index (χ1v) is 8.42. The van der Waals surface area contributed by atoms with E-state index in [0.717, 1.165) is 12.8 Å². The monoisotopic (exact) mass is 282 g/mol. The van der Waals surface area contributed by atoms with E-state index in [0.29, 0.717) is 23.9 Å². The number of nitrogens with zero attached hydrogens (tertiary/aromatic N) is 2. The third kappa shape index (κ3) is 2.60. The van der Waals surface area contributed by atoms with Crippen molar-refractivity contribution in [1.29, 1.82) is 5.26 Å². The third-order valence-corrected chi connectivity index (χ3v) is 5.80. The molecule has 0 spiro atoms. The molecule has 2 bridgehead atoms. The molecule has 0 amide bonds. The summed E-state index contributed by atoms with van der Waals surface area (Å²) in [4.78, 5) is 2.52. The molecular weight excluding hydrogens is 256 g/mol. The van der Waals surface area contributed by atoms with Gasteiger partial charge >= 0.3 is 0 Å².